The van der Waals surface area contributed by atoms with Gasteiger partial charge in [-0.15, -0.1) is 0 Å². The van der Waals surface area contributed by atoms with E-state index in [0.29, 0.717) is 12.4 Å². The van der Waals surface area contributed by atoms with E-state index in [-0.39, 0.29) is 18.6 Å². The zero-order valence-electron chi connectivity index (χ0n) is 18.6. The molecule has 3 rings (SSSR count). The van der Waals surface area contributed by atoms with Gasteiger partial charge in [0.15, 0.2) is 0 Å². The fraction of sp³-hybridized carbons (Fsp3) is 0.476. The van der Waals surface area contributed by atoms with Gasteiger partial charge >= 0.3 is 12.1 Å². The molecule has 1 aliphatic heterocycles. The first-order valence-electron chi connectivity index (χ1n) is 9.97. The molecule has 2 aromatic heterocycles. The first-order chi connectivity index (χ1) is 15.5. The number of carboxylic acid groups (broad SMARTS) is 1. The van der Waals surface area contributed by atoms with Crippen molar-refractivity contribution in [3.8, 4) is 5.88 Å². The van der Waals surface area contributed by atoms with Crippen LogP contribution in [0.25, 0.3) is 0 Å². The molecule has 2 aromatic rings. The lowest BCUT2D eigenvalue weighted by atomic mass is 10.2. The number of carboxylic acids is 1. The van der Waals surface area contributed by atoms with Gasteiger partial charge in [-0.1, -0.05) is 6.07 Å². The molecule has 3 heterocycles. The molecule has 0 spiro atoms. The molecule has 0 radical (unpaired) electrons. The highest BCUT2D eigenvalue weighted by Gasteiger charge is 2.38. The number of nitrogens with zero attached hydrogens (tertiary/aromatic N) is 4. The fourth-order valence-corrected chi connectivity index (χ4v) is 3.14. The summed E-state index contributed by atoms with van der Waals surface area (Å²) < 4.78 is 45.3. The van der Waals surface area contributed by atoms with Crippen molar-refractivity contribution in [2.45, 2.75) is 31.9 Å². The number of pyridine rings is 1. The highest BCUT2D eigenvalue weighted by atomic mass is 19.4. The van der Waals surface area contributed by atoms with E-state index in [1.165, 1.54) is 5.69 Å². The molecule has 0 saturated heterocycles. The molecule has 1 N–H and O–H groups in total. The van der Waals surface area contributed by atoms with E-state index in [9.17, 15) is 18.0 Å². The van der Waals surface area contributed by atoms with Crippen LogP contribution in [-0.4, -0.2) is 83.0 Å². The molecule has 0 fully saturated rings. The molecule has 1 unspecified atom stereocenters. The minimum absolute atomic E-state index is 0.0255. The highest BCUT2D eigenvalue weighted by molar-refractivity contribution is 5.76. The molecule has 1 amide bonds. The zero-order valence-corrected chi connectivity index (χ0v) is 18.6. The first kappa shape index (κ1) is 26.1. The second-order valence-electron chi connectivity index (χ2n) is 7.52. The number of ether oxygens (including phenoxy) is 2. The third-order valence-electron chi connectivity index (χ3n) is 4.79. The molecular formula is C21H27F3N4O5. The van der Waals surface area contributed by atoms with Crippen LogP contribution in [0, 0.1) is 0 Å². The Kier molecular flexibility index (Phi) is 9.23. The summed E-state index contributed by atoms with van der Waals surface area (Å²) in [6, 6.07) is 8.12. The van der Waals surface area contributed by atoms with Gasteiger partial charge in [0, 0.05) is 63.9 Å². The van der Waals surface area contributed by atoms with Gasteiger partial charge in [0.25, 0.3) is 0 Å². The molecule has 0 bridgehead atoms. The van der Waals surface area contributed by atoms with Gasteiger partial charge < -0.3 is 24.0 Å². The quantitative estimate of drug-likeness (QED) is 0.687. The van der Waals surface area contributed by atoms with E-state index in [1.54, 1.807) is 32.3 Å². The molecular weight excluding hydrogens is 445 g/mol. The number of likely N-dealkylation sites (N-methyl/N-ethyl adjacent to an activating group) is 1. The van der Waals surface area contributed by atoms with Crippen LogP contribution in [0.1, 0.15) is 11.3 Å². The predicted octanol–water partition coefficient (Wildman–Crippen LogP) is 2.01. The number of fused-ring (bicyclic) bond motifs is 1. The molecule has 12 heteroatoms. The third kappa shape index (κ3) is 8.06. The summed E-state index contributed by atoms with van der Waals surface area (Å²) in [5.74, 6) is -2.14. The standard InChI is InChI=1S/C19H26N4O3.C2HF3O2/c1-21(2)18(24)14-26-17-12-22(11-16-7-5-9-23(16)13-17)10-15-6-4-8-20-19(15)25-3;3-2(4,5)1(6)7/h4-9,17H,10-14H2,1-3H3;(H,6,7). The number of hydrogen-bond acceptors (Lipinski definition) is 6. The molecule has 182 valence electrons. The van der Waals surface area contributed by atoms with Crippen LogP contribution in [-0.2, 0) is 34.0 Å². The lowest BCUT2D eigenvalue weighted by molar-refractivity contribution is -0.192. The van der Waals surface area contributed by atoms with Gasteiger partial charge in [0.1, 0.15) is 6.61 Å². The largest absolute Gasteiger partial charge is 0.490 e. The van der Waals surface area contributed by atoms with Crippen molar-refractivity contribution in [3.05, 3.63) is 47.9 Å². The summed E-state index contributed by atoms with van der Waals surface area (Å²) in [6.45, 7) is 3.10. The van der Waals surface area contributed by atoms with Crippen LogP contribution in [0.5, 0.6) is 5.88 Å². The minimum Gasteiger partial charge on any atom is -0.481 e. The maximum atomic E-state index is 11.9. The lowest BCUT2D eigenvalue weighted by Crippen LogP contribution is -2.36. The normalized spacial score (nSPS) is 16.1. The van der Waals surface area contributed by atoms with Crippen molar-refractivity contribution in [3.63, 3.8) is 0 Å². The Hall–Kier alpha value is -3.12. The van der Waals surface area contributed by atoms with Crippen molar-refractivity contribution in [2.75, 3.05) is 34.4 Å². The summed E-state index contributed by atoms with van der Waals surface area (Å²) in [6.07, 6.45) is -1.35. The minimum atomic E-state index is -5.08. The lowest BCUT2D eigenvalue weighted by Gasteiger charge is -2.25. The second kappa shape index (κ2) is 11.7. The highest BCUT2D eigenvalue weighted by Crippen LogP contribution is 2.21. The summed E-state index contributed by atoms with van der Waals surface area (Å²) >= 11 is 0. The van der Waals surface area contributed by atoms with E-state index >= 15 is 0 Å². The van der Waals surface area contributed by atoms with Crippen molar-refractivity contribution in [1.82, 2.24) is 19.4 Å². The Morgan fingerprint density at radius 1 is 1.24 bits per heavy atom. The topological polar surface area (TPSA) is 97.1 Å². The number of carbonyl (C=O) groups is 2. The summed E-state index contributed by atoms with van der Waals surface area (Å²) in [5, 5.41) is 7.12. The number of alkyl halides is 3. The maximum Gasteiger partial charge on any atom is 0.490 e. The third-order valence-corrected chi connectivity index (χ3v) is 4.79. The molecule has 0 aromatic carbocycles. The Bertz CT molecular complexity index is 933. The molecule has 1 atom stereocenters. The second-order valence-corrected chi connectivity index (χ2v) is 7.52. The Labute approximate surface area is 189 Å². The van der Waals surface area contributed by atoms with Crippen LogP contribution in [0.3, 0.4) is 0 Å². The molecule has 1 aliphatic rings. The number of amides is 1. The first-order valence-corrected chi connectivity index (χ1v) is 9.97. The number of hydrogen-bond donors (Lipinski definition) is 1. The average Bonchev–Trinajstić information content (AvgIpc) is 3.11. The van der Waals surface area contributed by atoms with E-state index < -0.39 is 12.1 Å². The summed E-state index contributed by atoms with van der Waals surface area (Å²) in [5.41, 5.74) is 2.27. The van der Waals surface area contributed by atoms with Crippen molar-refractivity contribution >= 4 is 11.9 Å². The monoisotopic (exact) mass is 472 g/mol. The van der Waals surface area contributed by atoms with Crippen molar-refractivity contribution < 1.29 is 37.3 Å². The van der Waals surface area contributed by atoms with Crippen LogP contribution >= 0.6 is 0 Å². The number of methoxy groups -OCH3 is 1. The fourth-order valence-electron chi connectivity index (χ4n) is 3.14. The van der Waals surface area contributed by atoms with Gasteiger partial charge in [-0.3, -0.25) is 9.69 Å². The van der Waals surface area contributed by atoms with Crippen molar-refractivity contribution in [2.24, 2.45) is 0 Å². The number of carbonyl (C=O) groups excluding carboxylic acids is 1. The van der Waals surface area contributed by atoms with Gasteiger partial charge in [-0.05, 0) is 18.2 Å². The zero-order chi connectivity index (χ0) is 24.6. The van der Waals surface area contributed by atoms with Crippen LogP contribution in [0.2, 0.25) is 0 Å². The smallest absolute Gasteiger partial charge is 0.481 e. The molecule has 33 heavy (non-hydrogen) atoms. The van der Waals surface area contributed by atoms with Gasteiger partial charge in [-0.2, -0.15) is 13.2 Å². The summed E-state index contributed by atoms with van der Waals surface area (Å²) in [4.78, 5) is 28.9. The number of rotatable bonds is 6. The predicted molar refractivity (Wildman–Crippen MR) is 111 cm³/mol. The number of aromatic nitrogens is 2. The summed E-state index contributed by atoms with van der Waals surface area (Å²) in [7, 11) is 5.12. The molecule has 0 aliphatic carbocycles. The SMILES string of the molecule is COc1ncccc1CN1Cc2cccn2CC(OCC(=O)N(C)C)C1.O=C(O)C(F)(F)F. The average molecular weight is 472 g/mol. The molecule has 9 nitrogen and oxygen atoms in total. The van der Waals surface area contributed by atoms with E-state index in [0.717, 1.165) is 25.2 Å². The van der Waals surface area contributed by atoms with Crippen LogP contribution in [0.15, 0.2) is 36.7 Å². The van der Waals surface area contributed by atoms with Gasteiger partial charge in [0.2, 0.25) is 11.8 Å². The van der Waals surface area contributed by atoms with Crippen LogP contribution in [0.4, 0.5) is 13.2 Å². The van der Waals surface area contributed by atoms with E-state index in [4.69, 9.17) is 19.4 Å². The Morgan fingerprint density at radius 3 is 2.55 bits per heavy atom. The van der Waals surface area contributed by atoms with Crippen molar-refractivity contribution in [1.29, 1.82) is 0 Å². The molecule has 0 saturated carbocycles. The maximum absolute atomic E-state index is 11.9. The van der Waals surface area contributed by atoms with Gasteiger partial charge in [-0.25, -0.2) is 9.78 Å². The van der Waals surface area contributed by atoms with Crippen LogP contribution < -0.4 is 4.74 Å². The Morgan fingerprint density at radius 2 is 1.94 bits per heavy atom. The Balaban J connectivity index is 0.000000479. The van der Waals surface area contributed by atoms with E-state index in [2.05, 4.69) is 26.7 Å². The van der Waals surface area contributed by atoms with Gasteiger partial charge in [0.05, 0.1) is 13.2 Å². The number of aliphatic carboxylic acids is 1. The van der Waals surface area contributed by atoms with E-state index in [1.807, 2.05) is 18.2 Å². The number of halogens is 3.